The average molecular weight is 525 g/mol. The van der Waals surface area contributed by atoms with Crippen LogP contribution in [0.25, 0.3) is 0 Å². The molecule has 0 aromatic heterocycles. The van der Waals surface area contributed by atoms with Gasteiger partial charge in [-0.05, 0) is 62.9 Å². The Bertz CT molecular complexity index is 725. The highest BCUT2D eigenvalue weighted by Gasteiger charge is 2.13. The number of hydrogen-bond donors (Lipinski definition) is 1. The van der Waals surface area contributed by atoms with E-state index in [0.717, 1.165) is 0 Å². The van der Waals surface area contributed by atoms with Gasteiger partial charge in [0.25, 0.3) is 5.69 Å². The van der Waals surface area contributed by atoms with Gasteiger partial charge < -0.3 is 9.84 Å². The molecule has 0 atom stereocenters. The molecule has 0 aliphatic rings. The minimum Gasteiger partial charge on any atom is -0.487 e. The van der Waals surface area contributed by atoms with Crippen LogP contribution >= 0.6 is 45.2 Å². The Balaban J connectivity index is 2.20. The molecule has 8 heteroatoms. The molecule has 0 fully saturated rings. The summed E-state index contributed by atoms with van der Waals surface area (Å²) in [6.45, 7) is 0.167. The SMILES string of the molecule is O=C(O)c1cc(I)c(OCc2cccc([N+](=O)[O-])c2)c(I)c1. The monoisotopic (exact) mass is 525 g/mol. The number of halogens is 2. The van der Waals surface area contributed by atoms with Gasteiger partial charge in [-0.3, -0.25) is 10.1 Å². The standard InChI is InChI=1S/C14H9I2NO5/c15-11-5-9(14(18)19)6-12(16)13(11)22-7-8-2-1-3-10(4-8)17(20)21/h1-6H,7H2,(H,18,19). The number of nitrogens with zero attached hydrogens (tertiary/aromatic N) is 1. The molecule has 22 heavy (non-hydrogen) atoms. The van der Waals surface area contributed by atoms with E-state index < -0.39 is 10.9 Å². The van der Waals surface area contributed by atoms with E-state index in [9.17, 15) is 14.9 Å². The lowest BCUT2D eigenvalue weighted by Crippen LogP contribution is -2.03. The number of aromatic carboxylic acids is 1. The van der Waals surface area contributed by atoms with Gasteiger partial charge in [-0.15, -0.1) is 0 Å². The Hall–Kier alpha value is -1.43. The van der Waals surface area contributed by atoms with Crippen molar-refractivity contribution in [3.63, 3.8) is 0 Å². The van der Waals surface area contributed by atoms with Gasteiger partial charge in [0.05, 0.1) is 17.6 Å². The normalized spacial score (nSPS) is 10.3. The number of non-ortho nitro benzene ring substituents is 1. The molecule has 0 amide bonds. The average Bonchev–Trinajstić information content (AvgIpc) is 2.46. The quantitative estimate of drug-likeness (QED) is 0.361. The van der Waals surface area contributed by atoms with Crippen LogP contribution in [0.4, 0.5) is 5.69 Å². The van der Waals surface area contributed by atoms with Gasteiger partial charge in [-0.25, -0.2) is 4.79 Å². The van der Waals surface area contributed by atoms with Crippen molar-refractivity contribution in [2.24, 2.45) is 0 Å². The molecule has 0 unspecified atom stereocenters. The number of carbonyl (C=O) groups is 1. The van der Waals surface area contributed by atoms with E-state index in [1.54, 1.807) is 12.1 Å². The molecule has 0 aliphatic carbocycles. The van der Waals surface area contributed by atoms with E-state index in [-0.39, 0.29) is 17.9 Å². The molecule has 0 spiro atoms. The van der Waals surface area contributed by atoms with Crippen LogP contribution in [0.3, 0.4) is 0 Å². The van der Waals surface area contributed by atoms with Gasteiger partial charge in [0.1, 0.15) is 12.4 Å². The molecule has 0 bridgehead atoms. The van der Waals surface area contributed by atoms with Gasteiger partial charge in [-0.1, -0.05) is 12.1 Å². The molecule has 2 aromatic rings. The Labute approximate surface area is 152 Å². The number of carboxylic acids is 1. The Kier molecular flexibility index (Phi) is 5.56. The highest BCUT2D eigenvalue weighted by molar-refractivity contribution is 14.1. The topological polar surface area (TPSA) is 89.7 Å². The van der Waals surface area contributed by atoms with Gasteiger partial charge in [0.2, 0.25) is 0 Å². The third-order valence-electron chi connectivity index (χ3n) is 2.75. The fourth-order valence-electron chi connectivity index (χ4n) is 1.74. The predicted octanol–water partition coefficient (Wildman–Crippen LogP) is 4.08. The molecular formula is C14H9I2NO5. The first kappa shape index (κ1) is 16.9. The zero-order valence-electron chi connectivity index (χ0n) is 11.0. The number of benzene rings is 2. The Morgan fingerprint density at radius 1 is 1.23 bits per heavy atom. The van der Waals surface area contributed by atoms with Crippen molar-refractivity contribution < 1.29 is 19.6 Å². The van der Waals surface area contributed by atoms with Crippen LogP contribution in [0.1, 0.15) is 15.9 Å². The lowest BCUT2D eigenvalue weighted by molar-refractivity contribution is -0.384. The van der Waals surface area contributed by atoms with Gasteiger partial charge >= 0.3 is 5.97 Å². The van der Waals surface area contributed by atoms with Crippen molar-refractivity contribution in [3.05, 3.63) is 64.8 Å². The number of rotatable bonds is 5. The minimum atomic E-state index is -0.999. The maximum atomic E-state index is 11.0. The first-order valence-electron chi connectivity index (χ1n) is 5.97. The lowest BCUT2D eigenvalue weighted by Gasteiger charge is -2.11. The van der Waals surface area contributed by atoms with Crippen molar-refractivity contribution in [2.45, 2.75) is 6.61 Å². The summed E-state index contributed by atoms with van der Waals surface area (Å²) in [6, 6.07) is 9.24. The summed E-state index contributed by atoms with van der Waals surface area (Å²) in [5.41, 5.74) is 0.867. The smallest absolute Gasteiger partial charge is 0.335 e. The number of carboxylic acid groups (broad SMARTS) is 1. The van der Waals surface area contributed by atoms with Gasteiger partial charge in [-0.2, -0.15) is 0 Å². The molecule has 0 saturated heterocycles. The van der Waals surface area contributed by atoms with Crippen molar-refractivity contribution in [1.82, 2.24) is 0 Å². The molecule has 2 rings (SSSR count). The first-order valence-corrected chi connectivity index (χ1v) is 8.12. The fourth-order valence-corrected chi connectivity index (χ4v) is 3.82. The van der Waals surface area contributed by atoms with E-state index in [1.165, 1.54) is 24.3 Å². The van der Waals surface area contributed by atoms with E-state index >= 15 is 0 Å². The highest BCUT2D eigenvalue weighted by Crippen LogP contribution is 2.30. The van der Waals surface area contributed by atoms with E-state index in [1.807, 2.05) is 45.2 Å². The second-order valence-electron chi connectivity index (χ2n) is 4.29. The van der Waals surface area contributed by atoms with E-state index in [0.29, 0.717) is 18.5 Å². The molecule has 6 nitrogen and oxygen atoms in total. The van der Waals surface area contributed by atoms with Crippen molar-refractivity contribution in [2.75, 3.05) is 0 Å². The van der Waals surface area contributed by atoms with Crippen LogP contribution in [0.2, 0.25) is 0 Å². The minimum absolute atomic E-state index is 0.00622. The summed E-state index contributed by atoms with van der Waals surface area (Å²) in [5, 5.41) is 19.7. The second-order valence-corrected chi connectivity index (χ2v) is 6.61. The predicted molar refractivity (Wildman–Crippen MR) is 96.3 cm³/mol. The lowest BCUT2D eigenvalue weighted by atomic mass is 10.2. The van der Waals surface area contributed by atoms with Crippen molar-refractivity contribution in [3.8, 4) is 5.75 Å². The third-order valence-corrected chi connectivity index (χ3v) is 4.35. The van der Waals surface area contributed by atoms with Crippen LogP contribution < -0.4 is 4.74 Å². The molecule has 1 N–H and O–H groups in total. The van der Waals surface area contributed by atoms with Crippen molar-refractivity contribution >= 4 is 56.8 Å². The van der Waals surface area contributed by atoms with E-state index in [2.05, 4.69) is 0 Å². The Morgan fingerprint density at radius 3 is 2.41 bits per heavy atom. The molecule has 2 aromatic carbocycles. The second kappa shape index (κ2) is 7.22. The van der Waals surface area contributed by atoms with E-state index in [4.69, 9.17) is 9.84 Å². The van der Waals surface area contributed by atoms with Crippen LogP contribution in [0.15, 0.2) is 36.4 Å². The summed E-state index contributed by atoms with van der Waals surface area (Å²) in [6.07, 6.45) is 0. The van der Waals surface area contributed by atoms with Crippen LogP contribution in [0, 0.1) is 17.3 Å². The maximum Gasteiger partial charge on any atom is 0.335 e. The van der Waals surface area contributed by atoms with Crippen LogP contribution in [-0.2, 0) is 6.61 Å². The largest absolute Gasteiger partial charge is 0.487 e. The van der Waals surface area contributed by atoms with Crippen LogP contribution in [0.5, 0.6) is 5.75 Å². The molecule has 0 heterocycles. The third kappa shape index (κ3) is 4.06. The van der Waals surface area contributed by atoms with Gasteiger partial charge in [0, 0.05) is 12.1 Å². The molecule has 0 aliphatic heterocycles. The molecular weight excluding hydrogens is 516 g/mol. The van der Waals surface area contributed by atoms with Crippen molar-refractivity contribution in [1.29, 1.82) is 0 Å². The zero-order valence-corrected chi connectivity index (χ0v) is 15.3. The maximum absolute atomic E-state index is 11.0. The highest BCUT2D eigenvalue weighted by atomic mass is 127. The molecule has 114 valence electrons. The Morgan fingerprint density at radius 2 is 1.86 bits per heavy atom. The number of nitro benzene ring substituents is 1. The van der Waals surface area contributed by atoms with Crippen LogP contribution in [-0.4, -0.2) is 16.0 Å². The summed E-state index contributed by atoms with van der Waals surface area (Å²) >= 11 is 4.01. The fraction of sp³-hybridized carbons (Fsp3) is 0.0714. The molecule has 0 saturated carbocycles. The first-order chi connectivity index (χ1) is 10.4. The summed E-state index contributed by atoms with van der Waals surface area (Å²) < 4.78 is 7.04. The summed E-state index contributed by atoms with van der Waals surface area (Å²) in [7, 11) is 0. The van der Waals surface area contributed by atoms with Gasteiger partial charge in [0.15, 0.2) is 0 Å². The number of hydrogen-bond acceptors (Lipinski definition) is 4. The molecule has 0 radical (unpaired) electrons. The summed E-state index contributed by atoms with van der Waals surface area (Å²) in [5.74, 6) is -0.432. The summed E-state index contributed by atoms with van der Waals surface area (Å²) in [4.78, 5) is 21.3. The number of ether oxygens (including phenoxy) is 1. The number of nitro groups is 1. The zero-order chi connectivity index (χ0) is 16.3.